The van der Waals surface area contributed by atoms with E-state index in [1.54, 1.807) is 12.0 Å². The predicted octanol–water partition coefficient (Wildman–Crippen LogP) is 1.30. The summed E-state index contributed by atoms with van der Waals surface area (Å²) in [5.41, 5.74) is 3.35. The van der Waals surface area contributed by atoms with E-state index in [0.29, 0.717) is 32.8 Å². The summed E-state index contributed by atoms with van der Waals surface area (Å²) in [6, 6.07) is 6.09. The Morgan fingerprint density at radius 3 is 3.17 bits per heavy atom. The summed E-state index contributed by atoms with van der Waals surface area (Å²) in [5.74, 6) is 0. The van der Waals surface area contributed by atoms with Crippen LogP contribution < -0.4 is 5.32 Å². The molecule has 0 radical (unpaired) electrons. The highest BCUT2D eigenvalue weighted by Gasteiger charge is 2.39. The summed E-state index contributed by atoms with van der Waals surface area (Å²) in [7, 11) is 1.63. The molecule has 0 aliphatic carbocycles. The van der Waals surface area contributed by atoms with Gasteiger partial charge in [0, 0.05) is 32.2 Å². The second-order valence-corrected chi connectivity index (χ2v) is 6.78. The van der Waals surface area contributed by atoms with Crippen molar-refractivity contribution >= 4 is 6.03 Å². The minimum atomic E-state index is -0.324. The summed E-state index contributed by atoms with van der Waals surface area (Å²) < 4.78 is 10.7. The van der Waals surface area contributed by atoms with Crippen LogP contribution in [0.15, 0.2) is 18.2 Å². The quantitative estimate of drug-likeness (QED) is 0.851. The van der Waals surface area contributed by atoms with E-state index < -0.39 is 0 Å². The fraction of sp³-hybridized carbons (Fsp3) is 0.611. The first-order chi connectivity index (χ1) is 11.7. The first-order valence-corrected chi connectivity index (χ1v) is 8.47. The number of carbonyl (C=O) groups excluding carboxylic acids is 1. The van der Waals surface area contributed by atoms with Crippen LogP contribution in [0.25, 0.3) is 0 Å². The molecule has 0 bridgehead atoms. The Hall–Kier alpha value is -1.63. The molecule has 0 saturated carbocycles. The molecule has 1 fully saturated rings. The zero-order chi connectivity index (χ0) is 17.0. The highest BCUT2D eigenvalue weighted by molar-refractivity contribution is 5.74. The largest absolute Gasteiger partial charge is 0.396 e. The van der Waals surface area contributed by atoms with Gasteiger partial charge in [0.15, 0.2) is 0 Å². The molecule has 6 heteroatoms. The standard InChI is InChI=1S/C18H26N2O4/c1-23-13-18(12-21)6-7-20(11-18)17(22)19-9-14-3-2-4-15-10-24-8-5-16(14)15/h2-4,21H,5-13H2,1H3,(H,19,22). The maximum Gasteiger partial charge on any atom is 0.317 e. The molecule has 2 aliphatic heterocycles. The molecule has 2 aliphatic rings. The zero-order valence-electron chi connectivity index (χ0n) is 14.2. The molecule has 0 aromatic heterocycles. The number of carbonyl (C=O) groups is 1. The predicted molar refractivity (Wildman–Crippen MR) is 89.6 cm³/mol. The van der Waals surface area contributed by atoms with Gasteiger partial charge in [-0.25, -0.2) is 4.79 Å². The van der Waals surface area contributed by atoms with E-state index in [1.807, 2.05) is 6.07 Å². The Morgan fingerprint density at radius 1 is 1.50 bits per heavy atom. The number of rotatable bonds is 5. The van der Waals surface area contributed by atoms with E-state index in [-0.39, 0.29) is 18.1 Å². The van der Waals surface area contributed by atoms with E-state index in [0.717, 1.165) is 25.0 Å². The van der Waals surface area contributed by atoms with Crippen LogP contribution in [0.2, 0.25) is 0 Å². The van der Waals surface area contributed by atoms with Gasteiger partial charge in [-0.1, -0.05) is 18.2 Å². The maximum atomic E-state index is 12.5. The van der Waals surface area contributed by atoms with Crippen molar-refractivity contribution in [3.63, 3.8) is 0 Å². The Morgan fingerprint density at radius 2 is 2.38 bits per heavy atom. The minimum absolute atomic E-state index is 0.0385. The first-order valence-electron chi connectivity index (χ1n) is 8.47. The van der Waals surface area contributed by atoms with E-state index in [4.69, 9.17) is 9.47 Å². The third-order valence-corrected chi connectivity index (χ3v) is 5.07. The molecular weight excluding hydrogens is 308 g/mol. The van der Waals surface area contributed by atoms with Crippen molar-refractivity contribution in [1.29, 1.82) is 0 Å². The van der Waals surface area contributed by atoms with Crippen LogP contribution in [0.5, 0.6) is 0 Å². The third-order valence-electron chi connectivity index (χ3n) is 5.07. The molecule has 6 nitrogen and oxygen atoms in total. The second-order valence-electron chi connectivity index (χ2n) is 6.78. The number of hydrogen-bond donors (Lipinski definition) is 2. The topological polar surface area (TPSA) is 71.0 Å². The van der Waals surface area contributed by atoms with Crippen LogP contribution in [0, 0.1) is 5.41 Å². The number of nitrogens with one attached hydrogen (secondary N) is 1. The van der Waals surface area contributed by atoms with Gasteiger partial charge in [0.05, 0.1) is 26.4 Å². The van der Waals surface area contributed by atoms with Gasteiger partial charge in [0.25, 0.3) is 0 Å². The number of nitrogens with zero attached hydrogens (tertiary/aromatic N) is 1. The van der Waals surface area contributed by atoms with Crippen molar-refractivity contribution in [3.05, 3.63) is 34.9 Å². The lowest BCUT2D eigenvalue weighted by Crippen LogP contribution is -2.41. The summed E-state index contributed by atoms with van der Waals surface area (Å²) >= 11 is 0. The molecule has 0 spiro atoms. The summed E-state index contributed by atoms with van der Waals surface area (Å²) in [6.07, 6.45) is 1.66. The Bertz CT molecular complexity index is 592. The Balaban J connectivity index is 1.59. The van der Waals surface area contributed by atoms with Crippen LogP contribution in [0.3, 0.4) is 0 Å². The van der Waals surface area contributed by atoms with Crippen molar-refractivity contribution in [3.8, 4) is 0 Å². The van der Waals surface area contributed by atoms with Gasteiger partial charge >= 0.3 is 6.03 Å². The number of hydrogen-bond acceptors (Lipinski definition) is 4. The number of fused-ring (bicyclic) bond motifs is 1. The highest BCUT2D eigenvalue weighted by Crippen LogP contribution is 2.30. The minimum Gasteiger partial charge on any atom is -0.396 e. The van der Waals surface area contributed by atoms with Gasteiger partial charge in [0.2, 0.25) is 0 Å². The summed E-state index contributed by atoms with van der Waals surface area (Å²) in [4.78, 5) is 14.2. The van der Waals surface area contributed by atoms with E-state index in [2.05, 4.69) is 17.4 Å². The molecule has 2 heterocycles. The van der Waals surface area contributed by atoms with Gasteiger partial charge in [-0.15, -0.1) is 0 Å². The number of ether oxygens (including phenoxy) is 2. The number of benzene rings is 1. The van der Waals surface area contributed by atoms with Crippen molar-refractivity contribution in [2.75, 3.05) is 40.0 Å². The summed E-state index contributed by atoms with van der Waals surface area (Å²) in [5, 5.41) is 12.7. The molecule has 1 saturated heterocycles. The maximum absolute atomic E-state index is 12.5. The molecule has 3 rings (SSSR count). The zero-order valence-corrected chi connectivity index (χ0v) is 14.2. The lowest BCUT2D eigenvalue weighted by molar-refractivity contribution is 0.0379. The number of aliphatic hydroxyl groups excluding tert-OH is 1. The van der Waals surface area contributed by atoms with Crippen LogP contribution in [0.4, 0.5) is 4.79 Å². The number of urea groups is 1. The van der Waals surface area contributed by atoms with Crippen LogP contribution >= 0.6 is 0 Å². The van der Waals surface area contributed by atoms with Crippen LogP contribution in [-0.4, -0.2) is 56.1 Å². The van der Waals surface area contributed by atoms with Gasteiger partial charge in [-0.2, -0.15) is 0 Å². The molecule has 132 valence electrons. The fourth-order valence-electron chi connectivity index (χ4n) is 3.66. The monoisotopic (exact) mass is 334 g/mol. The fourth-order valence-corrected chi connectivity index (χ4v) is 3.66. The van der Waals surface area contributed by atoms with E-state index >= 15 is 0 Å². The van der Waals surface area contributed by atoms with Gasteiger partial charge in [0.1, 0.15) is 0 Å². The number of methoxy groups -OCH3 is 1. The van der Waals surface area contributed by atoms with Crippen molar-refractivity contribution in [2.24, 2.45) is 5.41 Å². The molecule has 1 unspecified atom stereocenters. The van der Waals surface area contributed by atoms with E-state index in [9.17, 15) is 9.90 Å². The molecule has 2 amide bonds. The Labute approximate surface area is 142 Å². The van der Waals surface area contributed by atoms with Crippen LogP contribution in [0.1, 0.15) is 23.1 Å². The van der Waals surface area contributed by atoms with E-state index in [1.165, 1.54) is 11.1 Å². The molecular formula is C18H26N2O4. The number of likely N-dealkylation sites (tertiary alicyclic amines) is 1. The Kier molecular flexibility index (Phi) is 5.38. The average molecular weight is 334 g/mol. The van der Waals surface area contributed by atoms with Crippen molar-refractivity contribution < 1.29 is 19.4 Å². The molecule has 2 N–H and O–H groups in total. The number of amides is 2. The lowest BCUT2D eigenvalue weighted by Gasteiger charge is -2.26. The van der Waals surface area contributed by atoms with Gasteiger partial charge in [-0.05, 0) is 29.5 Å². The van der Waals surface area contributed by atoms with Crippen LogP contribution in [-0.2, 0) is 29.0 Å². The van der Waals surface area contributed by atoms with Crippen molar-refractivity contribution in [2.45, 2.75) is 26.0 Å². The smallest absolute Gasteiger partial charge is 0.317 e. The van der Waals surface area contributed by atoms with Crippen molar-refractivity contribution in [1.82, 2.24) is 10.2 Å². The SMILES string of the molecule is COCC1(CO)CCN(C(=O)NCc2cccc3c2CCOC3)C1. The molecule has 24 heavy (non-hydrogen) atoms. The third kappa shape index (κ3) is 3.55. The number of aliphatic hydroxyl groups is 1. The molecule has 1 aromatic rings. The summed E-state index contributed by atoms with van der Waals surface area (Å²) in [6.45, 7) is 3.60. The molecule has 1 atom stereocenters. The molecule has 1 aromatic carbocycles. The van der Waals surface area contributed by atoms with Gasteiger partial charge < -0.3 is 24.8 Å². The highest BCUT2D eigenvalue weighted by atomic mass is 16.5. The lowest BCUT2D eigenvalue weighted by atomic mass is 9.89. The second kappa shape index (κ2) is 7.51. The average Bonchev–Trinajstić information content (AvgIpc) is 3.05. The normalized spacial score (nSPS) is 23.2. The first kappa shape index (κ1) is 17.2. The van der Waals surface area contributed by atoms with Gasteiger partial charge in [-0.3, -0.25) is 0 Å².